The van der Waals surface area contributed by atoms with Gasteiger partial charge in [0.2, 0.25) is 0 Å². The maximum absolute atomic E-state index is 13.0. The van der Waals surface area contributed by atoms with Crippen molar-refractivity contribution in [2.45, 2.75) is 37.9 Å². The first-order chi connectivity index (χ1) is 17.4. The Morgan fingerprint density at radius 1 is 1.06 bits per heavy atom. The molecule has 5 rings (SSSR count). The van der Waals surface area contributed by atoms with Crippen LogP contribution < -0.4 is 10.6 Å². The first kappa shape index (κ1) is 24.1. The Hall–Kier alpha value is -3.62. The van der Waals surface area contributed by atoms with Crippen molar-refractivity contribution >= 4 is 34.3 Å². The molecule has 2 aromatic heterocycles. The van der Waals surface area contributed by atoms with E-state index in [1.165, 1.54) is 0 Å². The summed E-state index contributed by atoms with van der Waals surface area (Å²) < 4.78 is 2.02. The molecule has 1 aliphatic rings. The zero-order valence-corrected chi connectivity index (χ0v) is 21.0. The fourth-order valence-electron chi connectivity index (χ4n) is 4.78. The number of nitrogens with one attached hydrogen (secondary N) is 3. The van der Waals surface area contributed by atoms with E-state index < -0.39 is 0 Å². The van der Waals surface area contributed by atoms with Gasteiger partial charge in [0, 0.05) is 58.4 Å². The van der Waals surface area contributed by atoms with E-state index in [1.807, 2.05) is 55.2 Å². The van der Waals surface area contributed by atoms with Gasteiger partial charge in [0.1, 0.15) is 5.82 Å². The van der Waals surface area contributed by atoms with Crippen LogP contribution in [0.15, 0.2) is 61.1 Å². The van der Waals surface area contributed by atoms with Crippen LogP contribution in [0.1, 0.15) is 45.8 Å². The smallest absolute Gasteiger partial charge is 0.251 e. The van der Waals surface area contributed by atoms with Gasteiger partial charge in [-0.3, -0.25) is 9.59 Å². The lowest BCUT2D eigenvalue weighted by Crippen LogP contribution is -2.48. The number of hydrogen-bond donors (Lipinski definition) is 3. The second kappa shape index (κ2) is 10.2. The minimum atomic E-state index is -0.160. The van der Waals surface area contributed by atoms with Gasteiger partial charge in [-0.05, 0) is 69.8 Å². The summed E-state index contributed by atoms with van der Waals surface area (Å²) in [6.07, 6.45) is 7.99. The summed E-state index contributed by atoms with van der Waals surface area (Å²) in [5.74, 6) is 0.626. The molecule has 2 atom stereocenters. The molecule has 0 bridgehead atoms. The van der Waals surface area contributed by atoms with Crippen molar-refractivity contribution in [3.63, 3.8) is 0 Å². The average Bonchev–Trinajstić information content (AvgIpc) is 3.60. The van der Waals surface area contributed by atoms with Crippen LogP contribution in [-0.4, -0.2) is 57.4 Å². The first-order valence-corrected chi connectivity index (χ1v) is 12.4. The van der Waals surface area contributed by atoms with Crippen LogP contribution >= 0.6 is 11.6 Å². The molecule has 2 aromatic carbocycles. The zero-order chi connectivity index (χ0) is 25.2. The molecule has 0 unspecified atom stereocenters. The topological polar surface area (TPSA) is 95.1 Å². The highest BCUT2D eigenvalue weighted by Crippen LogP contribution is 2.25. The van der Waals surface area contributed by atoms with E-state index in [9.17, 15) is 9.59 Å². The quantitative estimate of drug-likeness (QED) is 0.352. The third-order valence-corrected chi connectivity index (χ3v) is 6.94. The summed E-state index contributed by atoms with van der Waals surface area (Å²) in [7, 11) is 4.00. The number of imidazole rings is 1. The molecule has 1 aliphatic carbocycles. The van der Waals surface area contributed by atoms with Crippen LogP contribution in [0.3, 0.4) is 0 Å². The van der Waals surface area contributed by atoms with Crippen LogP contribution in [-0.2, 0) is 6.54 Å². The predicted octanol–water partition coefficient (Wildman–Crippen LogP) is 4.15. The highest BCUT2D eigenvalue weighted by molar-refractivity contribution is 6.35. The largest absolute Gasteiger partial charge is 0.360 e. The van der Waals surface area contributed by atoms with Gasteiger partial charge in [0.25, 0.3) is 11.8 Å². The van der Waals surface area contributed by atoms with Gasteiger partial charge in [-0.1, -0.05) is 17.7 Å². The molecule has 2 heterocycles. The summed E-state index contributed by atoms with van der Waals surface area (Å²) in [5, 5.41) is 7.74. The molecule has 1 fully saturated rings. The Morgan fingerprint density at radius 2 is 1.72 bits per heavy atom. The summed E-state index contributed by atoms with van der Waals surface area (Å²) in [6.45, 7) is 0.719. The van der Waals surface area contributed by atoms with Gasteiger partial charge in [-0.15, -0.1) is 0 Å². The lowest BCUT2D eigenvalue weighted by atomic mass is 10.1. The Balaban J connectivity index is 1.23. The number of carbonyl (C=O) groups excluding carboxylic acids is 2. The minimum Gasteiger partial charge on any atom is -0.360 e. The highest BCUT2D eigenvalue weighted by Gasteiger charge is 2.30. The van der Waals surface area contributed by atoms with Crippen molar-refractivity contribution in [2.24, 2.45) is 0 Å². The van der Waals surface area contributed by atoms with Crippen molar-refractivity contribution in [1.29, 1.82) is 0 Å². The molecule has 9 heteroatoms. The van der Waals surface area contributed by atoms with Crippen LogP contribution in [0.25, 0.3) is 16.6 Å². The van der Waals surface area contributed by atoms with Crippen LogP contribution in [0.2, 0.25) is 5.02 Å². The molecular formula is C27H29ClN6O2. The molecule has 3 N–H and O–H groups in total. The molecule has 1 saturated carbocycles. The lowest BCUT2D eigenvalue weighted by molar-refractivity contribution is 0.0892. The monoisotopic (exact) mass is 504 g/mol. The Morgan fingerprint density at radius 3 is 2.42 bits per heavy atom. The van der Waals surface area contributed by atoms with E-state index >= 15 is 0 Å². The first-order valence-electron chi connectivity index (χ1n) is 12.0. The van der Waals surface area contributed by atoms with Gasteiger partial charge in [-0.2, -0.15) is 0 Å². The third-order valence-electron chi connectivity index (χ3n) is 6.63. The summed E-state index contributed by atoms with van der Waals surface area (Å²) in [4.78, 5) is 35.5. The third kappa shape index (κ3) is 5.01. The molecular weight excluding hydrogens is 476 g/mol. The highest BCUT2D eigenvalue weighted by atomic mass is 35.5. The van der Waals surface area contributed by atoms with E-state index in [0.29, 0.717) is 16.1 Å². The maximum Gasteiger partial charge on any atom is 0.251 e. The number of aromatic nitrogens is 3. The number of hydrogen-bond acceptors (Lipinski definition) is 4. The lowest BCUT2D eigenvalue weighted by Gasteiger charge is -2.22. The maximum atomic E-state index is 13.0. The molecule has 186 valence electrons. The van der Waals surface area contributed by atoms with Crippen LogP contribution in [0.5, 0.6) is 0 Å². The number of benzene rings is 2. The molecule has 4 aromatic rings. The second-order valence-electron chi connectivity index (χ2n) is 9.49. The van der Waals surface area contributed by atoms with Gasteiger partial charge in [0.15, 0.2) is 0 Å². The van der Waals surface area contributed by atoms with Gasteiger partial charge < -0.3 is 25.1 Å². The van der Waals surface area contributed by atoms with Crippen molar-refractivity contribution in [3.05, 3.63) is 83.0 Å². The second-order valence-corrected chi connectivity index (χ2v) is 9.89. The number of H-pyrrole nitrogens is 1. The normalized spacial score (nSPS) is 17.6. The van der Waals surface area contributed by atoms with E-state index in [1.54, 1.807) is 24.5 Å². The van der Waals surface area contributed by atoms with Crippen molar-refractivity contribution < 1.29 is 9.59 Å². The number of fused-ring (bicyclic) bond motifs is 1. The Kier molecular flexibility index (Phi) is 6.80. The minimum absolute atomic E-state index is 0.120. The average molecular weight is 505 g/mol. The van der Waals surface area contributed by atoms with Crippen molar-refractivity contribution in [2.75, 3.05) is 14.1 Å². The fraction of sp³-hybridized carbons (Fsp3) is 0.296. The standard InChI is InChI=1S/C27H29ClN6O2/c1-33(2)16-25-29-12-13-34(25)19-9-6-17(7-10-19)26(35)31-22-4-3-5-23(22)32-27(36)18-8-11-20-21(28)15-30-24(20)14-18/h6-15,22-23,30H,3-5,16H2,1-2H3,(H,31,35)(H,32,36)/t22-,23+/m0/s1. The van der Waals surface area contributed by atoms with Gasteiger partial charge in [0.05, 0.1) is 11.6 Å². The van der Waals surface area contributed by atoms with E-state index in [2.05, 4.69) is 25.5 Å². The molecule has 0 spiro atoms. The predicted molar refractivity (Wildman–Crippen MR) is 141 cm³/mol. The molecule has 0 radical (unpaired) electrons. The van der Waals surface area contributed by atoms with Crippen molar-refractivity contribution in [1.82, 2.24) is 30.1 Å². The molecule has 2 amide bonds. The van der Waals surface area contributed by atoms with E-state index in [4.69, 9.17) is 11.6 Å². The summed E-state index contributed by atoms with van der Waals surface area (Å²) >= 11 is 6.14. The molecule has 0 aliphatic heterocycles. The van der Waals surface area contributed by atoms with Crippen LogP contribution in [0, 0.1) is 0 Å². The number of carbonyl (C=O) groups is 2. The summed E-state index contributed by atoms with van der Waals surface area (Å²) in [5.41, 5.74) is 2.91. The summed E-state index contributed by atoms with van der Waals surface area (Å²) in [6, 6.07) is 12.7. The van der Waals surface area contributed by atoms with Crippen molar-refractivity contribution in [3.8, 4) is 5.69 Å². The van der Waals surface area contributed by atoms with Crippen LogP contribution in [0.4, 0.5) is 0 Å². The number of rotatable bonds is 7. The number of amides is 2. The number of aromatic amines is 1. The SMILES string of the molecule is CN(C)Cc1nccn1-c1ccc(C(=O)N[C@H]2CCC[C@H]2NC(=O)c2ccc3c(Cl)c[nH]c3c2)cc1. The van der Waals surface area contributed by atoms with E-state index in [0.717, 1.165) is 48.2 Å². The molecule has 36 heavy (non-hydrogen) atoms. The van der Waals surface area contributed by atoms with Gasteiger partial charge >= 0.3 is 0 Å². The number of nitrogens with zero attached hydrogens (tertiary/aromatic N) is 3. The zero-order valence-electron chi connectivity index (χ0n) is 20.3. The molecule has 8 nitrogen and oxygen atoms in total. The Labute approximate surface area is 214 Å². The fourth-order valence-corrected chi connectivity index (χ4v) is 5.00. The van der Waals surface area contributed by atoms with Gasteiger partial charge in [-0.25, -0.2) is 4.98 Å². The van der Waals surface area contributed by atoms with E-state index in [-0.39, 0.29) is 23.9 Å². The number of halogens is 1. The Bertz CT molecular complexity index is 1390. The molecule has 0 saturated heterocycles.